The first kappa shape index (κ1) is 16.7. The van der Waals surface area contributed by atoms with Gasteiger partial charge < -0.3 is 20.4 Å². The van der Waals surface area contributed by atoms with Crippen molar-refractivity contribution in [1.29, 1.82) is 0 Å². The smallest absolute Gasteiger partial charge is 0.326 e. The molecule has 21 heavy (non-hydrogen) atoms. The molecule has 0 radical (unpaired) electrons. The maximum Gasteiger partial charge on any atom is 0.326 e. The summed E-state index contributed by atoms with van der Waals surface area (Å²) in [6, 6.07) is 7.51. The van der Waals surface area contributed by atoms with Crippen LogP contribution in [-0.4, -0.2) is 52.9 Å². The Morgan fingerprint density at radius 3 is 2.52 bits per heavy atom. The highest BCUT2D eigenvalue weighted by molar-refractivity contribution is 5.82. The molecular formula is C15H20N2O4. The molecule has 1 aromatic rings. The lowest BCUT2D eigenvalue weighted by Crippen LogP contribution is -2.49. The van der Waals surface area contributed by atoms with Gasteiger partial charge in [-0.2, -0.15) is 0 Å². The van der Waals surface area contributed by atoms with Crippen LogP contribution in [-0.2, 0) is 11.2 Å². The summed E-state index contributed by atoms with van der Waals surface area (Å²) in [6.45, 7) is 3.69. The van der Waals surface area contributed by atoms with Crippen LogP contribution in [0.25, 0.3) is 0 Å². The molecule has 1 rings (SSSR count). The van der Waals surface area contributed by atoms with E-state index in [0.717, 1.165) is 5.56 Å². The van der Waals surface area contributed by atoms with Crippen LogP contribution in [0.2, 0.25) is 0 Å². The highest BCUT2D eigenvalue weighted by Gasteiger charge is 2.22. The maximum absolute atomic E-state index is 12.0. The van der Waals surface area contributed by atoms with E-state index < -0.39 is 18.0 Å². The maximum atomic E-state index is 12.0. The molecule has 0 spiro atoms. The molecule has 2 amide bonds. The van der Waals surface area contributed by atoms with Crippen LogP contribution in [0.5, 0.6) is 0 Å². The van der Waals surface area contributed by atoms with E-state index in [-0.39, 0.29) is 26.1 Å². The number of benzene rings is 1. The van der Waals surface area contributed by atoms with Crippen molar-refractivity contribution >= 4 is 12.0 Å². The fraction of sp³-hybridized carbons (Fsp3) is 0.333. The molecule has 6 heteroatoms. The number of aliphatic hydroxyl groups excluding tert-OH is 1. The molecule has 0 aliphatic heterocycles. The van der Waals surface area contributed by atoms with Gasteiger partial charge in [0.15, 0.2) is 0 Å². The molecule has 0 unspecified atom stereocenters. The molecule has 3 N–H and O–H groups in total. The van der Waals surface area contributed by atoms with Gasteiger partial charge in [0.25, 0.3) is 0 Å². The lowest BCUT2D eigenvalue weighted by molar-refractivity contribution is -0.139. The monoisotopic (exact) mass is 292 g/mol. The minimum absolute atomic E-state index is 0.121. The first-order valence-electron chi connectivity index (χ1n) is 6.62. The number of urea groups is 1. The number of hydrogen-bond acceptors (Lipinski definition) is 3. The average Bonchev–Trinajstić information content (AvgIpc) is 2.47. The van der Waals surface area contributed by atoms with Gasteiger partial charge in [0.1, 0.15) is 6.04 Å². The van der Waals surface area contributed by atoms with E-state index in [9.17, 15) is 14.7 Å². The standard InChI is InChI=1S/C15H20N2O4/c1-2-8-17(9-10-18)15(21)16-13(14(19)20)11-12-6-4-3-5-7-12/h2-7,13,18H,1,8-11H2,(H,16,21)(H,19,20)/t13-/m1/s1. The Morgan fingerprint density at radius 1 is 1.33 bits per heavy atom. The second kappa shape index (κ2) is 8.76. The predicted molar refractivity (Wildman–Crippen MR) is 79.0 cm³/mol. The van der Waals surface area contributed by atoms with Gasteiger partial charge in [0, 0.05) is 19.5 Å². The van der Waals surface area contributed by atoms with Crippen molar-refractivity contribution in [1.82, 2.24) is 10.2 Å². The zero-order valence-corrected chi connectivity index (χ0v) is 11.7. The number of carboxylic acid groups (broad SMARTS) is 1. The summed E-state index contributed by atoms with van der Waals surface area (Å²) in [5.41, 5.74) is 0.822. The Balaban J connectivity index is 2.71. The van der Waals surface area contributed by atoms with E-state index in [0.29, 0.717) is 0 Å². The number of rotatable bonds is 8. The number of carbonyl (C=O) groups is 2. The Bertz CT molecular complexity index is 476. The van der Waals surface area contributed by atoms with Gasteiger partial charge in [-0.15, -0.1) is 6.58 Å². The molecular weight excluding hydrogens is 272 g/mol. The molecule has 0 aromatic heterocycles. The fourth-order valence-corrected chi connectivity index (χ4v) is 1.84. The SMILES string of the molecule is C=CCN(CCO)C(=O)N[C@H](Cc1ccccc1)C(=O)O. The van der Waals surface area contributed by atoms with E-state index >= 15 is 0 Å². The topological polar surface area (TPSA) is 89.9 Å². The summed E-state index contributed by atoms with van der Waals surface area (Å²) in [7, 11) is 0. The van der Waals surface area contributed by atoms with E-state index in [2.05, 4.69) is 11.9 Å². The van der Waals surface area contributed by atoms with E-state index in [4.69, 9.17) is 5.11 Å². The van der Waals surface area contributed by atoms with Crippen LogP contribution in [0, 0.1) is 0 Å². The third kappa shape index (κ3) is 5.66. The molecule has 0 saturated carbocycles. The molecule has 1 atom stereocenters. The first-order chi connectivity index (χ1) is 10.1. The Hall–Kier alpha value is -2.34. The Kier molecular flexibility index (Phi) is 6.97. The van der Waals surface area contributed by atoms with E-state index in [1.807, 2.05) is 18.2 Å². The largest absolute Gasteiger partial charge is 0.480 e. The van der Waals surface area contributed by atoms with Gasteiger partial charge in [-0.25, -0.2) is 9.59 Å². The summed E-state index contributed by atoms with van der Waals surface area (Å²) in [4.78, 5) is 24.6. The molecule has 1 aromatic carbocycles. The van der Waals surface area contributed by atoms with Gasteiger partial charge in [-0.05, 0) is 5.56 Å². The van der Waals surface area contributed by atoms with Crippen LogP contribution >= 0.6 is 0 Å². The number of nitrogens with one attached hydrogen (secondary N) is 1. The Morgan fingerprint density at radius 2 is 2.00 bits per heavy atom. The molecule has 0 aliphatic carbocycles. The number of carbonyl (C=O) groups excluding carboxylic acids is 1. The van der Waals surface area contributed by atoms with Crippen LogP contribution in [0.4, 0.5) is 4.79 Å². The third-order valence-electron chi connectivity index (χ3n) is 2.89. The lowest BCUT2D eigenvalue weighted by atomic mass is 10.1. The van der Waals surface area contributed by atoms with Gasteiger partial charge in [0.2, 0.25) is 0 Å². The second-order valence-electron chi connectivity index (χ2n) is 4.49. The zero-order valence-electron chi connectivity index (χ0n) is 11.7. The summed E-state index contributed by atoms with van der Waals surface area (Å²) in [5, 5.41) is 20.6. The van der Waals surface area contributed by atoms with Crippen LogP contribution in [0.3, 0.4) is 0 Å². The minimum Gasteiger partial charge on any atom is -0.480 e. The molecule has 114 valence electrons. The van der Waals surface area contributed by atoms with Crippen molar-refractivity contribution in [2.45, 2.75) is 12.5 Å². The zero-order chi connectivity index (χ0) is 15.7. The lowest BCUT2D eigenvalue weighted by Gasteiger charge is -2.23. The summed E-state index contributed by atoms with van der Waals surface area (Å²) < 4.78 is 0. The van der Waals surface area contributed by atoms with Gasteiger partial charge in [-0.1, -0.05) is 36.4 Å². The average molecular weight is 292 g/mol. The second-order valence-corrected chi connectivity index (χ2v) is 4.49. The van der Waals surface area contributed by atoms with Crippen LogP contribution in [0.15, 0.2) is 43.0 Å². The minimum atomic E-state index is -1.10. The highest BCUT2D eigenvalue weighted by Crippen LogP contribution is 2.04. The Labute approximate surface area is 123 Å². The molecule has 6 nitrogen and oxygen atoms in total. The van der Waals surface area contributed by atoms with Crippen LogP contribution < -0.4 is 5.32 Å². The first-order valence-corrected chi connectivity index (χ1v) is 6.62. The third-order valence-corrected chi connectivity index (χ3v) is 2.89. The van der Waals surface area contributed by atoms with E-state index in [1.165, 1.54) is 11.0 Å². The normalized spacial score (nSPS) is 11.5. The fourth-order valence-electron chi connectivity index (χ4n) is 1.84. The van der Waals surface area contributed by atoms with Gasteiger partial charge in [0.05, 0.1) is 6.61 Å². The molecule has 0 aliphatic rings. The van der Waals surface area contributed by atoms with Crippen molar-refractivity contribution < 1.29 is 19.8 Å². The number of carboxylic acids is 1. The number of aliphatic hydroxyl groups is 1. The summed E-state index contributed by atoms with van der Waals surface area (Å²) >= 11 is 0. The van der Waals surface area contributed by atoms with Crippen molar-refractivity contribution in [3.63, 3.8) is 0 Å². The van der Waals surface area contributed by atoms with Crippen molar-refractivity contribution in [3.8, 4) is 0 Å². The molecule has 0 fully saturated rings. The summed E-state index contributed by atoms with van der Waals surface area (Å²) in [5.74, 6) is -1.10. The van der Waals surface area contributed by atoms with Crippen molar-refractivity contribution in [2.75, 3.05) is 19.7 Å². The number of aliphatic carboxylic acids is 1. The predicted octanol–water partition coefficient (Wildman–Crippen LogP) is 0.872. The number of hydrogen-bond donors (Lipinski definition) is 3. The molecule has 0 heterocycles. The van der Waals surface area contributed by atoms with Crippen molar-refractivity contribution in [2.24, 2.45) is 0 Å². The number of amides is 2. The highest BCUT2D eigenvalue weighted by atomic mass is 16.4. The van der Waals surface area contributed by atoms with Crippen molar-refractivity contribution in [3.05, 3.63) is 48.6 Å². The van der Waals surface area contributed by atoms with Crippen LogP contribution in [0.1, 0.15) is 5.56 Å². The quantitative estimate of drug-likeness (QED) is 0.620. The van der Waals surface area contributed by atoms with Gasteiger partial charge in [-0.3, -0.25) is 0 Å². The van der Waals surface area contributed by atoms with Gasteiger partial charge >= 0.3 is 12.0 Å². The molecule has 0 bridgehead atoms. The summed E-state index contributed by atoms with van der Waals surface area (Å²) in [6.07, 6.45) is 1.71. The van der Waals surface area contributed by atoms with E-state index in [1.54, 1.807) is 12.1 Å². The molecule has 0 saturated heterocycles. The number of nitrogens with zero attached hydrogens (tertiary/aromatic N) is 1.